The predicted octanol–water partition coefficient (Wildman–Crippen LogP) is 13.9. The van der Waals surface area contributed by atoms with E-state index in [1.165, 1.54) is 27.8 Å². The third-order valence-electron chi connectivity index (χ3n) is 12.5. The van der Waals surface area contributed by atoms with Gasteiger partial charge in [0.15, 0.2) is 5.82 Å². The number of pyridine rings is 2. The first-order valence-electron chi connectivity index (χ1n) is 20.8. The molecule has 3 aromatic heterocycles. The van der Waals surface area contributed by atoms with Gasteiger partial charge in [-0.25, -0.2) is 19.9 Å². The molecule has 3 heterocycles. The Kier molecular flexibility index (Phi) is 8.09. The van der Waals surface area contributed by atoms with Gasteiger partial charge in [0, 0.05) is 56.3 Å². The molecule has 0 saturated heterocycles. The lowest BCUT2D eigenvalue weighted by molar-refractivity contribution is 0.677. The van der Waals surface area contributed by atoms with Crippen molar-refractivity contribution < 1.29 is 0 Å². The molecule has 6 aromatic carbocycles. The van der Waals surface area contributed by atoms with E-state index in [0.717, 1.165) is 78.8 Å². The Morgan fingerprint density at radius 1 is 0.383 bits per heavy atom. The minimum Gasteiger partial charge on any atom is -0.245 e. The molecule has 60 heavy (non-hydrogen) atoms. The summed E-state index contributed by atoms with van der Waals surface area (Å²) in [4.78, 5) is 20.8. The Morgan fingerprint density at radius 3 is 1.68 bits per heavy atom. The molecular formula is C56H38N4. The zero-order valence-corrected chi connectivity index (χ0v) is 32.8. The molecule has 0 bridgehead atoms. The quantitative estimate of drug-likeness (QED) is 0.125. The van der Waals surface area contributed by atoms with E-state index in [-0.39, 0.29) is 5.92 Å². The first-order valence-corrected chi connectivity index (χ1v) is 20.8. The summed E-state index contributed by atoms with van der Waals surface area (Å²) in [5.74, 6) is 1.74. The van der Waals surface area contributed by atoms with Crippen molar-refractivity contribution in [2.45, 2.75) is 24.2 Å². The van der Waals surface area contributed by atoms with Gasteiger partial charge in [-0.3, -0.25) is 0 Å². The Labute approximate surface area is 349 Å². The molecule has 9 aromatic rings. The summed E-state index contributed by atoms with van der Waals surface area (Å²) in [6, 6.07) is 57.6. The van der Waals surface area contributed by atoms with E-state index < -0.39 is 0 Å². The average molecular weight is 767 g/mol. The second kappa shape index (κ2) is 14.1. The van der Waals surface area contributed by atoms with E-state index in [2.05, 4.69) is 164 Å². The zero-order valence-electron chi connectivity index (χ0n) is 32.8. The number of aromatic nitrogens is 4. The van der Waals surface area contributed by atoms with E-state index in [1.807, 2.05) is 36.4 Å². The van der Waals surface area contributed by atoms with Gasteiger partial charge in [-0.2, -0.15) is 0 Å². The van der Waals surface area contributed by atoms with Gasteiger partial charge in [0.2, 0.25) is 0 Å². The van der Waals surface area contributed by atoms with Gasteiger partial charge in [0.05, 0.1) is 33.8 Å². The molecule has 0 fully saturated rings. The molecule has 0 amide bonds. The third kappa shape index (κ3) is 5.91. The number of benzene rings is 6. The molecule has 4 heteroatoms. The molecule has 3 atom stereocenters. The van der Waals surface area contributed by atoms with E-state index >= 15 is 0 Å². The molecule has 4 nitrogen and oxygen atoms in total. The Bertz CT molecular complexity index is 3200. The second-order valence-corrected chi connectivity index (χ2v) is 16.1. The number of hydrogen-bond acceptors (Lipinski definition) is 4. The predicted molar refractivity (Wildman–Crippen MR) is 246 cm³/mol. The highest BCUT2D eigenvalue weighted by molar-refractivity contribution is 6.04. The number of allylic oxidation sites excluding steroid dienone is 4. The van der Waals surface area contributed by atoms with Crippen molar-refractivity contribution in [2.24, 2.45) is 0 Å². The number of fused-ring (bicyclic) bond motifs is 3. The third-order valence-corrected chi connectivity index (χ3v) is 12.5. The van der Waals surface area contributed by atoms with Gasteiger partial charge in [0.25, 0.3) is 0 Å². The second-order valence-electron chi connectivity index (χ2n) is 16.1. The van der Waals surface area contributed by atoms with Crippen molar-refractivity contribution in [1.29, 1.82) is 0 Å². The summed E-state index contributed by atoms with van der Waals surface area (Å²) in [7, 11) is 0. The highest BCUT2D eigenvalue weighted by atomic mass is 14.9. The van der Waals surface area contributed by atoms with Crippen LogP contribution in [-0.2, 0) is 0 Å². The minimum absolute atomic E-state index is 0.255. The van der Waals surface area contributed by atoms with Gasteiger partial charge in [-0.1, -0.05) is 170 Å². The lowest BCUT2D eigenvalue weighted by Crippen LogP contribution is -2.21. The van der Waals surface area contributed by atoms with Gasteiger partial charge in [0.1, 0.15) is 0 Å². The fourth-order valence-corrected chi connectivity index (χ4v) is 9.58. The van der Waals surface area contributed by atoms with Crippen LogP contribution in [-0.4, -0.2) is 19.9 Å². The Morgan fingerprint density at radius 2 is 0.967 bits per heavy atom. The van der Waals surface area contributed by atoms with Crippen LogP contribution in [0, 0.1) is 0 Å². The Hall–Kier alpha value is -7.56. The van der Waals surface area contributed by atoms with E-state index in [1.54, 1.807) is 0 Å². The van der Waals surface area contributed by atoms with Crippen LogP contribution in [0.5, 0.6) is 0 Å². The summed E-state index contributed by atoms with van der Waals surface area (Å²) in [6.45, 7) is 0. The number of rotatable bonds is 6. The maximum Gasteiger partial charge on any atom is 0.160 e. The number of nitrogens with zero attached hydrogens (tertiary/aromatic N) is 4. The maximum absolute atomic E-state index is 5.36. The van der Waals surface area contributed by atoms with Gasteiger partial charge >= 0.3 is 0 Å². The standard InChI is InChI=1S/C56H38N4/c1-3-10-35(11-4-1)50-34-51(60-56(59-50)41-12-5-2-6-13-41)45-19-9-18-44(33-45)49-31-27-40-23-22-39-26-30-48(57-54(39)55(40)58-49)43-17-8-16-42(32-43)46-28-24-38-21-20-36-14-7-15-37-25-29-47(46)53(38)52(36)37/h1-14,16-34,37,46-47H,15H2. The van der Waals surface area contributed by atoms with Crippen LogP contribution in [0.25, 0.3) is 90.4 Å². The molecule has 0 radical (unpaired) electrons. The molecule has 3 unspecified atom stereocenters. The van der Waals surface area contributed by atoms with Gasteiger partial charge < -0.3 is 0 Å². The SMILES string of the molecule is C1=Cc2ccc3c4c2C(C=CC4C(c2cccc(-c4ccc5ccc6ccc(-c7cccc(-c8cc(-c9ccccc9)nc(-c9ccccc9)n8)c7)nc6c5n4)c2)C=C3)C1. The Balaban J connectivity index is 0.911. The average Bonchev–Trinajstić information content (AvgIpc) is 3.33. The molecule has 282 valence electrons. The summed E-state index contributed by atoms with van der Waals surface area (Å²) < 4.78 is 0. The molecule has 3 aliphatic rings. The smallest absolute Gasteiger partial charge is 0.160 e. The van der Waals surface area contributed by atoms with Gasteiger partial charge in [-0.15, -0.1) is 0 Å². The monoisotopic (exact) mass is 766 g/mol. The van der Waals surface area contributed by atoms with Crippen molar-refractivity contribution in [3.8, 4) is 56.4 Å². The van der Waals surface area contributed by atoms with Crippen molar-refractivity contribution in [2.75, 3.05) is 0 Å². The molecule has 0 saturated carbocycles. The summed E-state index contributed by atoms with van der Waals surface area (Å²) in [5.41, 5.74) is 17.6. The van der Waals surface area contributed by atoms with E-state index in [4.69, 9.17) is 19.9 Å². The summed E-state index contributed by atoms with van der Waals surface area (Å²) in [5, 5.41) is 2.12. The molecular weight excluding hydrogens is 729 g/mol. The minimum atomic E-state index is 0.255. The van der Waals surface area contributed by atoms with Crippen LogP contribution in [0.1, 0.15) is 52.0 Å². The topological polar surface area (TPSA) is 51.6 Å². The normalized spacial score (nSPS) is 17.2. The highest BCUT2D eigenvalue weighted by Crippen LogP contribution is 2.50. The van der Waals surface area contributed by atoms with Crippen LogP contribution < -0.4 is 0 Å². The van der Waals surface area contributed by atoms with Gasteiger partial charge in [-0.05, 0) is 64.6 Å². The first kappa shape index (κ1) is 34.5. The lowest BCUT2D eigenvalue weighted by atomic mass is 9.67. The molecule has 12 rings (SSSR count). The van der Waals surface area contributed by atoms with Crippen molar-refractivity contribution in [1.82, 2.24) is 19.9 Å². The first-order chi connectivity index (χ1) is 29.7. The van der Waals surface area contributed by atoms with Crippen LogP contribution in [0.4, 0.5) is 0 Å². The fraction of sp³-hybridized carbons (Fsp3) is 0.0714. The van der Waals surface area contributed by atoms with Crippen LogP contribution >= 0.6 is 0 Å². The van der Waals surface area contributed by atoms with E-state index in [9.17, 15) is 0 Å². The van der Waals surface area contributed by atoms with Crippen molar-refractivity contribution >= 4 is 34.0 Å². The van der Waals surface area contributed by atoms with Crippen LogP contribution in [0.2, 0.25) is 0 Å². The molecule has 0 aliphatic heterocycles. The largest absolute Gasteiger partial charge is 0.245 e. The molecule has 3 aliphatic carbocycles. The lowest BCUT2D eigenvalue weighted by Gasteiger charge is -2.37. The van der Waals surface area contributed by atoms with Crippen LogP contribution in [0.3, 0.4) is 0 Å². The maximum atomic E-state index is 5.36. The summed E-state index contributed by atoms with van der Waals surface area (Å²) in [6.07, 6.45) is 15.4. The van der Waals surface area contributed by atoms with Crippen LogP contribution in [0.15, 0.2) is 188 Å². The highest BCUT2D eigenvalue weighted by Gasteiger charge is 2.34. The van der Waals surface area contributed by atoms with E-state index in [0.29, 0.717) is 17.7 Å². The van der Waals surface area contributed by atoms with Crippen molar-refractivity contribution in [3.05, 3.63) is 216 Å². The van der Waals surface area contributed by atoms with Crippen molar-refractivity contribution in [3.63, 3.8) is 0 Å². The molecule has 0 N–H and O–H groups in total. The zero-order chi connectivity index (χ0) is 39.6. The fourth-order valence-electron chi connectivity index (χ4n) is 9.58. The number of hydrogen-bond donors (Lipinski definition) is 0. The molecule has 0 spiro atoms. The summed E-state index contributed by atoms with van der Waals surface area (Å²) >= 11 is 0.